The van der Waals surface area contributed by atoms with E-state index in [2.05, 4.69) is 44.3 Å². The van der Waals surface area contributed by atoms with Crippen molar-refractivity contribution in [3.63, 3.8) is 0 Å². The normalized spacial score (nSPS) is 6.13. The molecule has 1 aromatic rings. The van der Waals surface area contributed by atoms with Crippen LogP contribution < -0.4 is 0 Å². The first-order valence-electron chi connectivity index (χ1n) is 3.67. The van der Waals surface area contributed by atoms with Crippen molar-refractivity contribution in [3.05, 3.63) is 30.7 Å². The standard InChI is InChI=1S/C4H4N2.C4H9.2CHO.Ru/c1-2-5-4-6-3-1;1-4(2)3;2*1-2;/h1-4H;1-3H3;2*1H;/q;3*-1;+3. The van der Waals surface area contributed by atoms with E-state index in [4.69, 9.17) is 9.59 Å². The zero-order valence-electron chi connectivity index (χ0n) is 9.03. The van der Waals surface area contributed by atoms with Gasteiger partial charge >= 0.3 is 19.5 Å². The minimum Gasteiger partial charge on any atom is -0.545 e. The second-order valence-corrected chi connectivity index (χ2v) is 2.40. The summed E-state index contributed by atoms with van der Waals surface area (Å²) in [5, 5.41) is 0. The molecule has 0 saturated carbocycles. The van der Waals surface area contributed by atoms with Crippen molar-refractivity contribution in [2.24, 2.45) is 0 Å². The van der Waals surface area contributed by atoms with E-state index >= 15 is 0 Å². The Morgan fingerprint density at radius 1 is 0.933 bits per heavy atom. The quantitative estimate of drug-likeness (QED) is 0.414. The first-order valence-corrected chi connectivity index (χ1v) is 3.67. The van der Waals surface area contributed by atoms with Crippen molar-refractivity contribution in [3.8, 4) is 0 Å². The number of hydrogen-bond acceptors (Lipinski definition) is 4. The van der Waals surface area contributed by atoms with Gasteiger partial charge in [0, 0.05) is 12.4 Å². The summed E-state index contributed by atoms with van der Waals surface area (Å²) in [6, 6.07) is 1.78. The van der Waals surface area contributed by atoms with Gasteiger partial charge in [0.25, 0.3) is 0 Å². The first-order chi connectivity index (χ1) is 6.73. The Balaban J connectivity index is -0.0000000601. The third kappa shape index (κ3) is 62.5. The molecule has 5 heteroatoms. The maximum atomic E-state index is 7.75. The molecule has 0 aromatic carbocycles. The van der Waals surface area contributed by atoms with Crippen LogP contribution in [-0.2, 0) is 29.1 Å². The molecule has 15 heavy (non-hydrogen) atoms. The van der Waals surface area contributed by atoms with Crippen molar-refractivity contribution in [2.45, 2.75) is 20.8 Å². The molecule has 1 heterocycles. The molecule has 0 aliphatic rings. The molecule has 0 fully saturated rings. The van der Waals surface area contributed by atoms with E-state index in [0.29, 0.717) is 0 Å². The van der Waals surface area contributed by atoms with Gasteiger partial charge in [0.05, 0.1) is 0 Å². The van der Waals surface area contributed by atoms with Gasteiger partial charge in [0.1, 0.15) is 6.33 Å². The molecule has 0 bridgehead atoms. The Morgan fingerprint density at radius 2 is 1.20 bits per heavy atom. The van der Waals surface area contributed by atoms with E-state index in [1.165, 1.54) is 12.2 Å². The smallest absolute Gasteiger partial charge is 0.545 e. The molecule has 0 N–H and O–H groups in total. The van der Waals surface area contributed by atoms with Gasteiger partial charge in [-0.2, -0.15) is 20.8 Å². The van der Waals surface area contributed by atoms with E-state index in [0.717, 1.165) is 0 Å². The molecule has 0 aliphatic carbocycles. The molecule has 1 aromatic heterocycles. The Morgan fingerprint density at radius 3 is 1.27 bits per heavy atom. The van der Waals surface area contributed by atoms with Gasteiger partial charge in [0.15, 0.2) is 0 Å². The van der Waals surface area contributed by atoms with Crippen LogP contribution in [-0.4, -0.2) is 23.5 Å². The molecule has 0 amide bonds. The van der Waals surface area contributed by atoms with Crippen molar-refractivity contribution in [1.29, 1.82) is 0 Å². The zero-order chi connectivity index (χ0) is 11.8. The Bertz CT molecular complexity index is 143. The van der Waals surface area contributed by atoms with Crippen LogP contribution in [0.1, 0.15) is 20.8 Å². The van der Waals surface area contributed by atoms with Crippen molar-refractivity contribution < 1.29 is 29.1 Å². The van der Waals surface area contributed by atoms with Gasteiger partial charge in [-0.15, -0.1) is 0 Å². The minimum absolute atomic E-state index is 0. The Labute approximate surface area is 104 Å². The fourth-order valence-corrected chi connectivity index (χ4v) is 0.253. The average molecular weight is 296 g/mol. The summed E-state index contributed by atoms with van der Waals surface area (Å²) in [4.78, 5) is 22.8. The van der Waals surface area contributed by atoms with Crippen LogP contribution >= 0.6 is 0 Å². The molecule has 0 aliphatic heterocycles. The van der Waals surface area contributed by atoms with Crippen LogP contribution in [0.3, 0.4) is 0 Å². The fourth-order valence-electron chi connectivity index (χ4n) is 0.253. The van der Waals surface area contributed by atoms with Crippen LogP contribution in [0.25, 0.3) is 0 Å². The van der Waals surface area contributed by atoms with Crippen LogP contribution in [0.4, 0.5) is 0 Å². The number of carbonyl (C=O) groups excluding carboxylic acids is 2. The molecule has 85 valence electrons. The topological polar surface area (TPSA) is 59.9 Å². The summed E-state index contributed by atoms with van der Waals surface area (Å²) in [5.41, 5.74) is 0. The summed E-state index contributed by atoms with van der Waals surface area (Å²) in [7, 11) is 0. The Kier molecular flexibility index (Phi) is 46.2. The van der Waals surface area contributed by atoms with E-state index in [1.807, 2.05) is 0 Å². The second kappa shape index (κ2) is 29.2. The van der Waals surface area contributed by atoms with Crippen molar-refractivity contribution in [1.82, 2.24) is 9.97 Å². The van der Waals surface area contributed by atoms with Gasteiger partial charge in [-0.25, -0.2) is 9.97 Å². The monoisotopic (exact) mass is 297 g/mol. The molecule has 1 rings (SSSR count). The van der Waals surface area contributed by atoms with Crippen LogP contribution in [0, 0.1) is 5.92 Å². The maximum Gasteiger partial charge on any atom is 3.00 e. The number of rotatable bonds is 0. The SMILES string of the molecule is C[C-](C)C.[CH-]=O.[CH-]=O.[Ru+3].c1cncnc1. The summed E-state index contributed by atoms with van der Waals surface area (Å²) < 4.78 is 0. The fraction of sp³-hybridized carbons (Fsp3) is 0.300. The maximum absolute atomic E-state index is 7.75. The van der Waals surface area contributed by atoms with Gasteiger partial charge in [-0.05, 0) is 6.07 Å². The largest absolute Gasteiger partial charge is 3.00 e. The van der Waals surface area contributed by atoms with Crippen molar-refractivity contribution in [2.75, 3.05) is 0 Å². The Hall–Kier alpha value is -0.957. The summed E-state index contributed by atoms with van der Waals surface area (Å²) in [5.74, 6) is 1.42. The second-order valence-electron chi connectivity index (χ2n) is 2.40. The van der Waals surface area contributed by atoms with Crippen LogP contribution in [0.15, 0.2) is 24.8 Å². The van der Waals surface area contributed by atoms with E-state index in [-0.39, 0.29) is 19.5 Å². The van der Waals surface area contributed by atoms with Gasteiger partial charge < -0.3 is 15.5 Å². The molecule has 0 saturated heterocycles. The van der Waals surface area contributed by atoms with Gasteiger partial charge in [-0.3, -0.25) is 13.6 Å². The minimum atomic E-state index is 0. The number of nitrogens with zero attached hydrogens (tertiary/aromatic N) is 2. The third-order valence-electron chi connectivity index (χ3n) is 0.478. The molecular formula is C10H15N2O2Ru. The van der Waals surface area contributed by atoms with Gasteiger partial charge in [-0.1, -0.05) is 0 Å². The molecule has 0 unspecified atom stereocenters. The molecule has 0 spiro atoms. The average Bonchev–Trinajstić information content (AvgIpc) is 2.25. The van der Waals surface area contributed by atoms with Crippen LogP contribution in [0.5, 0.6) is 0 Å². The predicted octanol–water partition coefficient (Wildman–Crippen LogP) is 1.55. The summed E-state index contributed by atoms with van der Waals surface area (Å²) in [6.07, 6.45) is 4.88. The third-order valence-corrected chi connectivity index (χ3v) is 0.478. The summed E-state index contributed by atoms with van der Waals surface area (Å²) in [6.45, 7) is 12.8. The molecular weight excluding hydrogens is 281 g/mol. The van der Waals surface area contributed by atoms with Crippen molar-refractivity contribution >= 4 is 13.6 Å². The molecule has 0 atom stereocenters. The summed E-state index contributed by atoms with van der Waals surface area (Å²) >= 11 is 0. The van der Waals surface area contributed by atoms with Crippen LogP contribution in [0.2, 0.25) is 0 Å². The predicted molar refractivity (Wildman–Crippen MR) is 55.8 cm³/mol. The van der Waals surface area contributed by atoms with E-state index in [9.17, 15) is 0 Å². The van der Waals surface area contributed by atoms with E-state index < -0.39 is 0 Å². The zero-order valence-corrected chi connectivity index (χ0v) is 10.8. The first kappa shape index (κ1) is 23.7. The van der Waals surface area contributed by atoms with Gasteiger partial charge in [0.2, 0.25) is 0 Å². The number of aromatic nitrogens is 2. The molecule has 1 radical (unpaired) electrons. The number of hydrogen-bond donors (Lipinski definition) is 0. The molecule has 4 nitrogen and oxygen atoms in total. The van der Waals surface area contributed by atoms with E-state index in [1.54, 1.807) is 18.5 Å².